The second-order valence-electron chi connectivity index (χ2n) is 3.47. The number of hydrogen-bond acceptors (Lipinski definition) is 7. The molecule has 1 aliphatic heterocycles. The van der Waals surface area contributed by atoms with E-state index in [-0.39, 0.29) is 5.57 Å². The van der Waals surface area contributed by atoms with Gasteiger partial charge in [-0.2, -0.15) is 0 Å². The van der Waals surface area contributed by atoms with Gasteiger partial charge in [0.05, 0.1) is 6.61 Å². The molecule has 106 valence electrons. The highest BCUT2D eigenvalue weighted by atomic mass is 16.6. The molecule has 2 unspecified atom stereocenters. The minimum absolute atomic E-state index is 0.0741. The number of hydrogen-bond donors (Lipinski definition) is 4. The number of carboxylic acids is 1. The van der Waals surface area contributed by atoms with Crippen LogP contribution in [0.4, 0.5) is 0 Å². The Kier molecular flexibility index (Phi) is 7.27. The number of esters is 2. The van der Waals surface area contributed by atoms with Crippen LogP contribution in [-0.4, -0.2) is 57.1 Å². The van der Waals surface area contributed by atoms with E-state index in [9.17, 15) is 14.4 Å². The van der Waals surface area contributed by atoms with Gasteiger partial charge in [0.1, 0.15) is 12.2 Å². The number of aliphatic carboxylic acids is 1. The summed E-state index contributed by atoms with van der Waals surface area (Å²) >= 11 is 0. The first-order chi connectivity index (χ1) is 8.77. The minimum Gasteiger partial charge on any atom is -0.478 e. The van der Waals surface area contributed by atoms with Crippen LogP contribution in [-0.2, 0) is 19.1 Å². The number of rotatable bonds is 4. The van der Waals surface area contributed by atoms with Crippen molar-refractivity contribution in [2.75, 3.05) is 6.61 Å². The zero-order chi connectivity index (χ0) is 15.0. The van der Waals surface area contributed by atoms with Crippen molar-refractivity contribution in [1.29, 1.82) is 0 Å². The van der Waals surface area contributed by atoms with Crippen LogP contribution >= 0.6 is 0 Å². The highest BCUT2D eigenvalue weighted by molar-refractivity contribution is 6.04. The molecule has 0 amide bonds. The molecule has 4 N–H and O–H groups in total. The molecule has 0 aromatic rings. The molecule has 8 nitrogen and oxygen atoms in total. The number of ether oxygens (including phenoxy) is 1. The lowest BCUT2D eigenvalue weighted by atomic mass is 10.1. The van der Waals surface area contributed by atoms with E-state index in [1.165, 1.54) is 6.92 Å². The maximum absolute atomic E-state index is 10.2. The SMILES string of the molecule is CC(=CC(O)C(O)CO)C(=O)O.O=C1C=CC(=O)O1. The van der Waals surface area contributed by atoms with Gasteiger partial charge in [-0.25, -0.2) is 14.4 Å². The third-order valence-electron chi connectivity index (χ3n) is 1.90. The Morgan fingerprint density at radius 1 is 1.32 bits per heavy atom. The predicted molar refractivity (Wildman–Crippen MR) is 60.7 cm³/mol. The second kappa shape index (κ2) is 8.14. The first-order valence-electron chi connectivity index (χ1n) is 5.10. The molecule has 1 rings (SSSR count). The fraction of sp³-hybridized carbons (Fsp3) is 0.364. The molecule has 0 aliphatic carbocycles. The summed E-state index contributed by atoms with van der Waals surface area (Å²) in [5.74, 6) is -2.32. The van der Waals surface area contributed by atoms with Crippen LogP contribution in [0.15, 0.2) is 23.8 Å². The molecule has 0 aromatic carbocycles. The van der Waals surface area contributed by atoms with Crippen LogP contribution in [0, 0.1) is 0 Å². The first kappa shape index (κ1) is 17.0. The van der Waals surface area contributed by atoms with E-state index in [1.54, 1.807) is 0 Å². The van der Waals surface area contributed by atoms with Crippen molar-refractivity contribution in [3.63, 3.8) is 0 Å². The third-order valence-corrected chi connectivity index (χ3v) is 1.90. The molecule has 8 heteroatoms. The van der Waals surface area contributed by atoms with Crippen molar-refractivity contribution in [2.45, 2.75) is 19.1 Å². The molecule has 1 heterocycles. The highest BCUT2D eigenvalue weighted by Gasteiger charge is 2.13. The molecule has 0 fully saturated rings. The van der Waals surface area contributed by atoms with E-state index in [0.717, 1.165) is 18.2 Å². The van der Waals surface area contributed by atoms with Gasteiger partial charge in [-0.05, 0) is 13.0 Å². The van der Waals surface area contributed by atoms with E-state index in [2.05, 4.69) is 4.74 Å². The highest BCUT2D eigenvalue weighted by Crippen LogP contribution is 2.00. The monoisotopic (exact) mass is 274 g/mol. The van der Waals surface area contributed by atoms with Crippen LogP contribution in [0.2, 0.25) is 0 Å². The van der Waals surface area contributed by atoms with Crippen LogP contribution in [0.5, 0.6) is 0 Å². The fourth-order valence-corrected chi connectivity index (χ4v) is 0.850. The Morgan fingerprint density at radius 2 is 1.79 bits per heavy atom. The normalized spacial score (nSPS) is 17.4. The van der Waals surface area contributed by atoms with E-state index in [1.807, 2.05) is 0 Å². The fourth-order valence-electron chi connectivity index (χ4n) is 0.850. The van der Waals surface area contributed by atoms with E-state index < -0.39 is 36.7 Å². The predicted octanol–water partition coefficient (Wildman–Crippen LogP) is -1.64. The molecule has 0 spiro atoms. The van der Waals surface area contributed by atoms with Crippen LogP contribution in [0.3, 0.4) is 0 Å². The Balaban J connectivity index is 0.000000388. The summed E-state index contributed by atoms with van der Waals surface area (Å²) in [7, 11) is 0. The molecule has 0 saturated heterocycles. The maximum Gasteiger partial charge on any atom is 0.338 e. The summed E-state index contributed by atoms with van der Waals surface area (Å²) in [5, 5.41) is 34.5. The summed E-state index contributed by atoms with van der Waals surface area (Å²) in [6.07, 6.45) is 0.471. The molecule has 0 aromatic heterocycles. The lowest BCUT2D eigenvalue weighted by Crippen LogP contribution is -2.28. The summed E-state index contributed by atoms with van der Waals surface area (Å²) in [4.78, 5) is 30.1. The van der Waals surface area contributed by atoms with Crippen molar-refractivity contribution in [3.8, 4) is 0 Å². The number of carboxylic acid groups (broad SMARTS) is 1. The van der Waals surface area contributed by atoms with Gasteiger partial charge in [-0.1, -0.05) is 0 Å². The van der Waals surface area contributed by atoms with Crippen LogP contribution in [0.25, 0.3) is 0 Å². The Morgan fingerprint density at radius 3 is 2.05 bits per heavy atom. The standard InChI is InChI=1S/C7H12O5.C4H2O3/c1-4(7(11)12)2-5(9)6(10)3-8;5-3-1-2-4(6)7-3/h2,5-6,8-10H,3H2,1H3,(H,11,12);1-2H. The van der Waals surface area contributed by atoms with Gasteiger partial charge in [0.25, 0.3) is 0 Å². The quantitative estimate of drug-likeness (QED) is 0.271. The molecule has 2 atom stereocenters. The maximum atomic E-state index is 10.2. The smallest absolute Gasteiger partial charge is 0.338 e. The summed E-state index contributed by atoms with van der Waals surface area (Å²) < 4.78 is 3.97. The van der Waals surface area contributed by atoms with Gasteiger partial charge in [-0.15, -0.1) is 0 Å². The number of carbonyl (C=O) groups is 3. The topological polar surface area (TPSA) is 141 Å². The largest absolute Gasteiger partial charge is 0.478 e. The molecule has 19 heavy (non-hydrogen) atoms. The lowest BCUT2D eigenvalue weighted by Gasteiger charge is -2.11. The lowest BCUT2D eigenvalue weighted by molar-refractivity contribution is -0.150. The second-order valence-corrected chi connectivity index (χ2v) is 3.47. The molecule has 0 saturated carbocycles. The summed E-state index contributed by atoms with van der Waals surface area (Å²) in [6, 6.07) is 0. The van der Waals surface area contributed by atoms with Crippen molar-refractivity contribution in [2.24, 2.45) is 0 Å². The molecular weight excluding hydrogens is 260 g/mol. The average molecular weight is 274 g/mol. The van der Waals surface area contributed by atoms with Crippen molar-refractivity contribution >= 4 is 17.9 Å². The third kappa shape index (κ3) is 7.09. The first-order valence-corrected chi connectivity index (χ1v) is 5.10. The van der Waals surface area contributed by atoms with Crippen LogP contribution < -0.4 is 0 Å². The van der Waals surface area contributed by atoms with Crippen LogP contribution in [0.1, 0.15) is 6.92 Å². The van der Waals surface area contributed by atoms with Crippen molar-refractivity contribution < 1.29 is 39.5 Å². The van der Waals surface area contributed by atoms with Gasteiger partial charge >= 0.3 is 17.9 Å². The average Bonchev–Trinajstić information content (AvgIpc) is 2.72. The van der Waals surface area contributed by atoms with E-state index >= 15 is 0 Å². The van der Waals surface area contributed by atoms with Crippen molar-refractivity contribution in [1.82, 2.24) is 0 Å². The van der Waals surface area contributed by atoms with Gasteiger partial charge in [0.2, 0.25) is 0 Å². The Bertz CT molecular complexity index is 393. The Labute approximate surface area is 108 Å². The zero-order valence-electron chi connectivity index (χ0n) is 10.0. The zero-order valence-corrected chi connectivity index (χ0v) is 10.0. The van der Waals surface area contributed by atoms with Gasteiger partial charge in [0.15, 0.2) is 0 Å². The number of carbonyl (C=O) groups excluding carboxylic acids is 2. The Hall–Kier alpha value is -2.03. The van der Waals surface area contributed by atoms with Gasteiger partial charge in [0, 0.05) is 17.7 Å². The minimum atomic E-state index is -1.34. The van der Waals surface area contributed by atoms with Crippen molar-refractivity contribution in [3.05, 3.63) is 23.8 Å². The summed E-state index contributed by atoms with van der Waals surface area (Å²) in [6.45, 7) is 0.681. The molecule has 0 radical (unpaired) electrons. The van der Waals surface area contributed by atoms with E-state index in [0.29, 0.717) is 0 Å². The number of aliphatic hydroxyl groups is 3. The number of aliphatic hydroxyl groups excluding tert-OH is 3. The summed E-state index contributed by atoms with van der Waals surface area (Å²) in [5.41, 5.74) is -0.0741. The number of cyclic esters (lactones) is 2. The van der Waals surface area contributed by atoms with E-state index in [4.69, 9.17) is 20.4 Å². The van der Waals surface area contributed by atoms with Gasteiger partial charge in [-0.3, -0.25) is 0 Å². The molecule has 1 aliphatic rings. The van der Waals surface area contributed by atoms with Gasteiger partial charge < -0.3 is 25.2 Å². The molecular formula is C11H14O8. The molecule has 0 bridgehead atoms.